The van der Waals surface area contributed by atoms with Crippen molar-refractivity contribution in [1.82, 2.24) is 5.32 Å². The second-order valence-electron chi connectivity index (χ2n) is 7.25. The average Bonchev–Trinajstić information content (AvgIpc) is 2.44. The van der Waals surface area contributed by atoms with Gasteiger partial charge in [0.2, 0.25) is 0 Å². The van der Waals surface area contributed by atoms with Gasteiger partial charge in [-0.2, -0.15) is 0 Å². The molecule has 0 radical (unpaired) electrons. The van der Waals surface area contributed by atoms with E-state index in [-0.39, 0.29) is 0 Å². The van der Waals surface area contributed by atoms with Crippen LogP contribution in [0.25, 0.3) is 0 Å². The Balaban J connectivity index is 2.40. The van der Waals surface area contributed by atoms with E-state index >= 15 is 0 Å². The third-order valence-corrected chi connectivity index (χ3v) is 4.80. The van der Waals surface area contributed by atoms with E-state index in [9.17, 15) is 0 Å². The summed E-state index contributed by atoms with van der Waals surface area (Å²) in [6, 6.07) is 0. The summed E-state index contributed by atoms with van der Waals surface area (Å²) < 4.78 is 5.81. The fraction of sp³-hybridized carbons (Fsp3) is 1.00. The van der Waals surface area contributed by atoms with Crippen molar-refractivity contribution in [3.8, 4) is 0 Å². The molecule has 0 aromatic carbocycles. The Morgan fingerprint density at radius 1 is 1.20 bits per heavy atom. The van der Waals surface area contributed by atoms with Crippen molar-refractivity contribution < 1.29 is 4.74 Å². The Bertz CT molecular complexity index is 232. The Morgan fingerprint density at radius 3 is 2.45 bits per heavy atom. The predicted octanol–water partition coefficient (Wildman–Crippen LogP) is 4.64. The zero-order valence-corrected chi connectivity index (χ0v) is 14.3. The lowest BCUT2D eigenvalue weighted by molar-refractivity contribution is 0.0143. The van der Waals surface area contributed by atoms with Crippen molar-refractivity contribution in [3.63, 3.8) is 0 Å². The van der Waals surface area contributed by atoms with Gasteiger partial charge in [0, 0.05) is 18.6 Å². The summed E-state index contributed by atoms with van der Waals surface area (Å²) in [6.45, 7) is 13.1. The number of rotatable bonds is 10. The number of unbranched alkanes of at least 4 members (excludes halogenated alkanes) is 1. The van der Waals surface area contributed by atoms with Gasteiger partial charge in [-0.05, 0) is 51.0 Å². The van der Waals surface area contributed by atoms with E-state index in [2.05, 4.69) is 33.0 Å². The Hall–Kier alpha value is -0.0800. The molecule has 0 atom stereocenters. The molecular formula is C18H37NO. The summed E-state index contributed by atoms with van der Waals surface area (Å²) in [4.78, 5) is 0. The first kappa shape index (κ1) is 18.0. The SMILES string of the molecule is CCCCC1CCC(CNCC(C)C)(COCC)CC1. The molecule has 0 unspecified atom stereocenters. The highest BCUT2D eigenvalue weighted by Gasteiger charge is 2.35. The second kappa shape index (κ2) is 9.78. The molecule has 120 valence electrons. The highest BCUT2D eigenvalue weighted by Crippen LogP contribution is 2.40. The summed E-state index contributed by atoms with van der Waals surface area (Å²) in [5, 5.41) is 3.68. The Morgan fingerprint density at radius 2 is 1.90 bits per heavy atom. The van der Waals surface area contributed by atoms with Crippen LogP contribution in [-0.2, 0) is 4.74 Å². The molecule has 0 aliphatic heterocycles. The smallest absolute Gasteiger partial charge is 0.0534 e. The minimum Gasteiger partial charge on any atom is -0.381 e. The number of ether oxygens (including phenoxy) is 1. The van der Waals surface area contributed by atoms with Crippen LogP contribution in [0.1, 0.15) is 72.6 Å². The molecule has 1 rings (SSSR count). The molecule has 0 amide bonds. The standard InChI is InChI=1S/C18H37NO/c1-5-7-8-17-9-11-18(12-10-17,15-20-6-2)14-19-13-16(3)4/h16-17,19H,5-15H2,1-4H3. The minimum atomic E-state index is 0.410. The van der Waals surface area contributed by atoms with Crippen LogP contribution in [0, 0.1) is 17.3 Å². The first-order valence-corrected chi connectivity index (χ1v) is 8.90. The average molecular weight is 284 g/mol. The molecule has 1 aliphatic rings. The van der Waals surface area contributed by atoms with Crippen LogP contribution >= 0.6 is 0 Å². The first-order chi connectivity index (χ1) is 9.62. The molecular weight excluding hydrogens is 246 g/mol. The van der Waals surface area contributed by atoms with Gasteiger partial charge >= 0.3 is 0 Å². The van der Waals surface area contributed by atoms with Crippen LogP contribution in [-0.4, -0.2) is 26.3 Å². The molecule has 1 saturated carbocycles. The normalized spacial score (nSPS) is 27.1. The van der Waals surface area contributed by atoms with Gasteiger partial charge in [-0.3, -0.25) is 0 Å². The van der Waals surface area contributed by atoms with Crippen LogP contribution in [0.15, 0.2) is 0 Å². The van der Waals surface area contributed by atoms with Crippen LogP contribution < -0.4 is 5.32 Å². The second-order valence-corrected chi connectivity index (χ2v) is 7.25. The molecule has 0 saturated heterocycles. The fourth-order valence-corrected chi connectivity index (χ4v) is 3.39. The zero-order valence-electron chi connectivity index (χ0n) is 14.3. The van der Waals surface area contributed by atoms with Gasteiger partial charge in [-0.15, -0.1) is 0 Å². The van der Waals surface area contributed by atoms with Crippen molar-refractivity contribution >= 4 is 0 Å². The molecule has 2 heteroatoms. The maximum Gasteiger partial charge on any atom is 0.0534 e. The molecule has 0 aromatic heterocycles. The van der Waals surface area contributed by atoms with Gasteiger partial charge in [-0.1, -0.05) is 40.0 Å². The third kappa shape index (κ3) is 6.58. The predicted molar refractivity (Wildman–Crippen MR) is 88.1 cm³/mol. The van der Waals surface area contributed by atoms with Gasteiger partial charge in [-0.25, -0.2) is 0 Å². The summed E-state index contributed by atoms with van der Waals surface area (Å²) in [7, 11) is 0. The fourth-order valence-electron chi connectivity index (χ4n) is 3.39. The van der Waals surface area contributed by atoms with Crippen molar-refractivity contribution in [2.24, 2.45) is 17.3 Å². The van der Waals surface area contributed by atoms with E-state index < -0.39 is 0 Å². The van der Waals surface area contributed by atoms with Crippen LogP contribution in [0.5, 0.6) is 0 Å². The lowest BCUT2D eigenvalue weighted by Gasteiger charge is -2.40. The topological polar surface area (TPSA) is 21.3 Å². The first-order valence-electron chi connectivity index (χ1n) is 8.90. The Labute approximate surface area is 127 Å². The van der Waals surface area contributed by atoms with E-state index in [4.69, 9.17) is 4.74 Å². The van der Waals surface area contributed by atoms with E-state index in [1.165, 1.54) is 44.9 Å². The van der Waals surface area contributed by atoms with Crippen LogP contribution in [0.2, 0.25) is 0 Å². The number of hydrogen-bond donors (Lipinski definition) is 1. The summed E-state index contributed by atoms with van der Waals surface area (Å²) in [6.07, 6.45) is 9.73. The quantitative estimate of drug-likeness (QED) is 0.631. The monoisotopic (exact) mass is 283 g/mol. The van der Waals surface area contributed by atoms with Gasteiger partial charge in [0.25, 0.3) is 0 Å². The largest absolute Gasteiger partial charge is 0.381 e. The van der Waals surface area contributed by atoms with Crippen molar-refractivity contribution in [2.45, 2.75) is 72.6 Å². The lowest BCUT2D eigenvalue weighted by Crippen LogP contribution is -2.42. The molecule has 1 N–H and O–H groups in total. The Kier molecular flexibility index (Phi) is 8.79. The molecule has 2 nitrogen and oxygen atoms in total. The molecule has 0 spiro atoms. The lowest BCUT2D eigenvalue weighted by atomic mass is 9.69. The summed E-state index contributed by atoms with van der Waals surface area (Å²) in [5.74, 6) is 1.72. The van der Waals surface area contributed by atoms with Crippen molar-refractivity contribution in [3.05, 3.63) is 0 Å². The maximum absolute atomic E-state index is 5.81. The summed E-state index contributed by atoms with van der Waals surface area (Å²) in [5.41, 5.74) is 0.410. The molecule has 1 aliphatic carbocycles. The van der Waals surface area contributed by atoms with Crippen molar-refractivity contribution in [2.75, 3.05) is 26.3 Å². The van der Waals surface area contributed by atoms with E-state index in [1.54, 1.807) is 0 Å². The van der Waals surface area contributed by atoms with E-state index in [0.717, 1.165) is 38.1 Å². The van der Waals surface area contributed by atoms with Crippen molar-refractivity contribution in [1.29, 1.82) is 0 Å². The number of hydrogen-bond acceptors (Lipinski definition) is 2. The van der Waals surface area contributed by atoms with Crippen LogP contribution in [0.4, 0.5) is 0 Å². The minimum absolute atomic E-state index is 0.410. The summed E-state index contributed by atoms with van der Waals surface area (Å²) >= 11 is 0. The zero-order chi connectivity index (χ0) is 14.8. The molecule has 1 fully saturated rings. The van der Waals surface area contributed by atoms with E-state index in [0.29, 0.717) is 5.41 Å². The van der Waals surface area contributed by atoms with Gasteiger partial charge in [0.05, 0.1) is 6.61 Å². The maximum atomic E-state index is 5.81. The van der Waals surface area contributed by atoms with E-state index in [1.807, 2.05) is 0 Å². The molecule has 20 heavy (non-hydrogen) atoms. The van der Waals surface area contributed by atoms with Gasteiger partial charge < -0.3 is 10.1 Å². The third-order valence-electron chi connectivity index (χ3n) is 4.80. The highest BCUT2D eigenvalue weighted by molar-refractivity contribution is 4.87. The van der Waals surface area contributed by atoms with Gasteiger partial charge in [0.1, 0.15) is 0 Å². The van der Waals surface area contributed by atoms with Crippen LogP contribution in [0.3, 0.4) is 0 Å². The molecule has 0 bridgehead atoms. The molecule has 0 heterocycles. The number of nitrogens with one attached hydrogen (secondary N) is 1. The highest BCUT2D eigenvalue weighted by atomic mass is 16.5. The molecule has 0 aromatic rings. The van der Waals surface area contributed by atoms with Gasteiger partial charge in [0.15, 0.2) is 0 Å².